The van der Waals surface area contributed by atoms with Gasteiger partial charge in [-0.3, -0.25) is 0 Å². The first-order chi connectivity index (χ1) is 8.08. The number of hydrogen-bond acceptors (Lipinski definition) is 5. The lowest BCUT2D eigenvalue weighted by atomic mass is 10.4. The van der Waals surface area contributed by atoms with Crippen LogP contribution in [0.15, 0.2) is 12.3 Å². The molecule has 0 aliphatic heterocycles. The molecule has 92 valence electrons. The van der Waals surface area contributed by atoms with Crippen LogP contribution < -0.4 is 0 Å². The zero-order valence-electron chi connectivity index (χ0n) is 9.97. The molecule has 1 heterocycles. The Balaban J connectivity index is 2.80. The minimum atomic E-state index is -0.525. The molecule has 1 aromatic rings. The van der Waals surface area contributed by atoms with Crippen molar-refractivity contribution in [2.24, 2.45) is 7.05 Å². The lowest BCUT2D eigenvalue weighted by Crippen LogP contribution is -2.08. The summed E-state index contributed by atoms with van der Waals surface area (Å²) in [4.78, 5) is 26.3. The second-order valence-corrected chi connectivity index (χ2v) is 3.18. The molecular formula is C11H14N2O4. The Hall–Kier alpha value is -2.11. The van der Waals surface area contributed by atoms with Gasteiger partial charge in [0.1, 0.15) is 0 Å². The summed E-state index contributed by atoms with van der Waals surface area (Å²) in [6.07, 6.45) is 4.35. The number of carbonyl (C=O) groups is 2. The van der Waals surface area contributed by atoms with Crippen molar-refractivity contribution in [2.45, 2.75) is 6.92 Å². The lowest BCUT2D eigenvalue weighted by Gasteiger charge is -1.96. The number of aryl methyl sites for hydroxylation is 1. The van der Waals surface area contributed by atoms with E-state index in [1.165, 1.54) is 23.8 Å². The van der Waals surface area contributed by atoms with Gasteiger partial charge in [0.15, 0.2) is 0 Å². The highest BCUT2D eigenvalue weighted by Gasteiger charge is 2.12. The highest BCUT2D eigenvalue weighted by molar-refractivity contribution is 5.88. The Bertz CT molecular complexity index is 448. The topological polar surface area (TPSA) is 70.4 Å². The van der Waals surface area contributed by atoms with Gasteiger partial charge in [0, 0.05) is 19.3 Å². The molecule has 0 spiro atoms. The third-order valence-electron chi connectivity index (χ3n) is 1.94. The monoisotopic (exact) mass is 238 g/mol. The van der Waals surface area contributed by atoms with Crippen LogP contribution >= 0.6 is 0 Å². The van der Waals surface area contributed by atoms with Crippen LogP contribution in [0, 0.1) is 0 Å². The number of esters is 2. The standard InChI is InChI=1S/C11H14N2O4/c1-4-17-9(14)6-5-8-7-13(2)10(12-8)11(15)16-3/h5-7H,4H2,1-3H3. The second-order valence-electron chi connectivity index (χ2n) is 3.18. The van der Waals surface area contributed by atoms with Crippen LogP contribution in [0.5, 0.6) is 0 Å². The van der Waals surface area contributed by atoms with Gasteiger partial charge in [-0.1, -0.05) is 0 Å². The second kappa shape index (κ2) is 5.83. The van der Waals surface area contributed by atoms with E-state index in [1.807, 2.05) is 0 Å². The molecule has 6 heteroatoms. The van der Waals surface area contributed by atoms with Gasteiger partial charge in [-0.25, -0.2) is 14.6 Å². The van der Waals surface area contributed by atoms with E-state index in [9.17, 15) is 9.59 Å². The summed E-state index contributed by atoms with van der Waals surface area (Å²) in [5.41, 5.74) is 0.487. The van der Waals surface area contributed by atoms with Crippen molar-refractivity contribution in [3.63, 3.8) is 0 Å². The summed E-state index contributed by atoms with van der Waals surface area (Å²) in [5.74, 6) is -0.794. The van der Waals surface area contributed by atoms with E-state index in [0.29, 0.717) is 12.3 Å². The number of nitrogens with zero attached hydrogens (tertiary/aromatic N) is 2. The molecule has 1 rings (SSSR count). The first-order valence-electron chi connectivity index (χ1n) is 5.05. The Morgan fingerprint density at radius 1 is 1.53 bits per heavy atom. The van der Waals surface area contributed by atoms with Crippen molar-refractivity contribution in [3.8, 4) is 0 Å². The number of methoxy groups -OCH3 is 1. The lowest BCUT2D eigenvalue weighted by molar-refractivity contribution is -0.137. The van der Waals surface area contributed by atoms with Crippen molar-refractivity contribution in [2.75, 3.05) is 13.7 Å². The van der Waals surface area contributed by atoms with Crippen LogP contribution in [-0.2, 0) is 21.3 Å². The van der Waals surface area contributed by atoms with Gasteiger partial charge < -0.3 is 14.0 Å². The highest BCUT2D eigenvalue weighted by Crippen LogP contribution is 2.05. The van der Waals surface area contributed by atoms with Crippen LogP contribution in [-0.4, -0.2) is 35.2 Å². The highest BCUT2D eigenvalue weighted by atomic mass is 16.5. The minimum Gasteiger partial charge on any atom is -0.463 e. The quantitative estimate of drug-likeness (QED) is 0.572. The van der Waals surface area contributed by atoms with Crippen LogP contribution in [0.25, 0.3) is 6.08 Å². The van der Waals surface area contributed by atoms with E-state index in [4.69, 9.17) is 4.74 Å². The summed E-state index contributed by atoms with van der Waals surface area (Å²) in [7, 11) is 2.95. The van der Waals surface area contributed by atoms with E-state index >= 15 is 0 Å². The van der Waals surface area contributed by atoms with Crippen molar-refractivity contribution < 1.29 is 19.1 Å². The van der Waals surface area contributed by atoms with Gasteiger partial charge in [0.25, 0.3) is 0 Å². The summed E-state index contributed by atoms with van der Waals surface area (Å²) in [6.45, 7) is 2.04. The van der Waals surface area contributed by atoms with Gasteiger partial charge in [0.05, 0.1) is 19.4 Å². The van der Waals surface area contributed by atoms with Crippen LogP contribution in [0.3, 0.4) is 0 Å². The number of hydrogen-bond donors (Lipinski definition) is 0. The van der Waals surface area contributed by atoms with Crippen molar-refractivity contribution in [1.29, 1.82) is 0 Å². The van der Waals surface area contributed by atoms with Crippen LogP contribution in [0.1, 0.15) is 23.2 Å². The SMILES string of the molecule is CCOC(=O)C=Cc1cn(C)c(C(=O)OC)n1. The smallest absolute Gasteiger partial charge is 0.374 e. The van der Waals surface area contributed by atoms with E-state index in [-0.39, 0.29) is 5.82 Å². The first kappa shape index (κ1) is 13.0. The Labute approximate surface area is 98.9 Å². The Kier molecular flexibility index (Phi) is 4.45. The molecule has 6 nitrogen and oxygen atoms in total. The maximum absolute atomic E-state index is 11.3. The maximum Gasteiger partial charge on any atom is 0.374 e. The number of ether oxygens (including phenoxy) is 2. The molecule has 0 unspecified atom stereocenters. The molecule has 1 aromatic heterocycles. The number of carbonyl (C=O) groups excluding carboxylic acids is 2. The number of aromatic nitrogens is 2. The fourth-order valence-corrected chi connectivity index (χ4v) is 1.19. The van der Waals surface area contributed by atoms with Gasteiger partial charge in [-0.15, -0.1) is 0 Å². The first-order valence-corrected chi connectivity index (χ1v) is 5.05. The van der Waals surface area contributed by atoms with Gasteiger partial charge in [0.2, 0.25) is 5.82 Å². The molecule has 0 aliphatic rings. The predicted octanol–water partition coefficient (Wildman–Crippen LogP) is 0.783. The molecule has 0 aliphatic carbocycles. The average Bonchev–Trinajstić information content (AvgIpc) is 2.67. The summed E-state index contributed by atoms with van der Waals surface area (Å²) >= 11 is 0. The van der Waals surface area contributed by atoms with E-state index in [1.54, 1.807) is 20.2 Å². The molecule has 0 bridgehead atoms. The van der Waals surface area contributed by atoms with E-state index in [2.05, 4.69) is 9.72 Å². The maximum atomic E-state index is 11.3. The molecule has 17 heavy (non-hydrogen) atoms. The van der Waals surface area contributed by atoms with Crippen molar-refractivity contribution >= 4 is 18.0 Å². The zero-order chi connectivity index (χ0) is 12.8. The number of rotatable bonds is 4. The predicted molar refractivity (Wildman–Crippen MR) is 60.2 cm³/mol. The summed E-state index contributed by atoms with van der Waals surface area (Å²) < 4.78 is 10.8. The fraction of sp³-hybridized carbons (Fsp3) is 0.364. The number of imidazole rings is 1. The van der Waals surface area contributed by atoms with Crippen molar-refractivity contribution in [1.82, 2.24) is 9.55 Å². The fourth-order valence-electron chi connectivity index (χ4n) is 1.19. The molecule has 0 fully saturated rings. The van der Waals surface area contributed by atoms with Crippen molar-refractivity contribution in [3.05, 3.63) is 23.8 Å². The third-order valence-corrected chi connectivity index (χ3v) is 1.94. The third kappa shape index (κ3) is 3.44. The summed E-state index contributed by atoms with van der Waals surface area (Å²) in [6, 6.07) is 0. The largest absolute Gasteiger partial charge is 0.463 e. The summed E-state index contributed by atoms with van der Waals surface area (Å²) in [5, 5.41) is 0. The Morgan fingerprint density at radius 3 is 2.82 bits per heavy atom. The molecule has 0 saturated heterocycles. The van der Waals surface area contributed by atoms with Gasteiger partial charge >= 0.3 is 11.9 Å². The average molecular weight is 238 g/mol. The minimum absolute atomic E-state index is 0.177. The molecule has 0 amide bonds. The van der Waals surface area contributed by atoms with E-state index in [0.717, 1.165) is 0 Å². The Morgan fingerprint density at radius 2 is 2.24 bits per heavy atom. The van der Waals surface area contributed by atoms with E-state index < -0.39 is 11.9 Å². The molecule has 0 N–H and O–H groups in total. The molecule has 0 radical (unpaired) electrons. The molecular weight excluding hydrogens is 224 g/mol. The normalized spacial score (nSPS) is 10.5. The zero-order valence-corrected chi connectivity index (χ0v) is 9.97. The molecule has 0 aromatic carbocycles. The van der Waals surface area contributed by atoms with Gasteiger partial charge in [-0.2, -0.15) is 0 Å². The van der Waals surface area contributed by atoms with Crippen LogP contribution in [0.2, 0.25) is 0 Å². The molecule has 0 atom stereocenters. The molecule has 0 saturated carbocycles. The van der Waals surface area contributed by atoms with Gasteiger partial charge in [-0.05, 0) is 13.0 Å². The van der Waals surface area contributed by atoms with Crippen LogP contribution in [0.4, 0.5) is 0 Å².